The molecule has 3 heteroatoms. The van der Waals surface area contributed by atoms with E-state index in [9.17, 15) is 4.79 Å². The Bertz CT molecular complexity index is 453. The minimum Gasteiger partial charge on any atom is -0.356 e. The van der Waals surface area contributed by atoms with Gasteiger partial charge in [-0.25, -0.2) is 0 Å². The zero-order valence-corrected chi connectivity index (χ0v) is 12.9. The van der Waals surface area contributed by atoms with Gasteiger partial charge in [0.05, 0.1) is 0 Å². The van der Waals surface area contributed by atoms with Crippen LogP contribution in [0.4, 0.5) is 0 Å². The van der Waals surface area contributed by atoms with E-state index in [1.165, 1.54) is 22.3 Å². The number of aryl methyl sites for hydroxylation is 3. The second-order valence-corrected chi connectivity index (χ2v) is 5.94. The minimum absolute atomic E-state index is 0.205. The molecular formula is C17H26N2O. The molecule has 0 saturated carbocycles. The maximum Gasteiger partial charge on any atom is 0.223 e. The van der Waals surface area contributed by atoms with Gasteiger partial charge in [0, 0.05) is 12.5 Å². The molecular weight excluding hydrogens is 248 g/mol. The van der Waals surface area contributed by atoms with Gasteiger partial charge in [-0.05, 0) is 69.8 Å². The van der Waals surface area contributed by atoms with Crippen molar-refractivity contribution in [1.82, 2.24) is 10.6 Å². The Hall–Kier alpha value is -1.35. The molecule has 2 N–H and O–H groups in total. The number of carbonyl (C=O) groups excluding carboxylic acids is 1. The van der Waals surface area contributed by atoms with Gasteiger partial charge in [0.2, 0.25) is 5.91 Å². The Morgan fingerprint density at radius 1 is 1.20 bits per heavy atom. The van der Waals surface area contributed by atoms with Crippen molar-refractivity contribution in [2.75, 3.05) is 19.6 Å². The van der Waals surface area contributed by atoms with Gasteiger partial charge in [-0.2, -0.15) is 0 Å². The van der Waals surface area contributed by atoms with Crippen LogP contribution in [0.2, 0.25) is 0 Å². The summed E-state index contributed by atoms with van der Waals surface area (Å²) < 4.78 is 0. The standard InChI is InChI=1S/C17H26N2O/c1-12-10-13(2)16(14(3)11-12)6-9-19-17(20)15-4-7-18-8-5-15/h10-11,15,18H,4-9H2,1-3H3,(H,19,20). The molecule has 1 aromatic rings. The van der Waals surface area contributed by atoms with Crippen LogP contribution in [0.1, 0.15) is 35.1 Å². The molecule has 1 aliphatic heterocycles. The van der Waals surface area contributed by atoms with Gasteiger partial charge >= 0.3 is 0 Å². The average molecular weight is 274 g/mol. The molecule has 0 spiro atoms. The van der Waals surface area contributed by atoms with Gasteiger partial charge in [-0.3, -0.25) is 4.79 Å². The molecule has 1 amide bonds. The average Bonchev–Trinajstić information content (AvgIpc) is 2.42. The maximum absolute atomic E-state index is 12.1. The largest absolute Gasteiger partial charge is 0.356 e. The first-order valence-electron chi connectivity index (χ1n) is 7.63. The topological polar surface area (TPSA) is 41.1 Å². The number of amides is 1. The Labute approximate surface area is 122 Å². The molecule has 2 rings (SSSR count). The van der Waals surface area contributed by atoms with Crippen LogP contribution in [0, 0.1) is 26.7 Å². The summed E-state index contributed by atoms with van der Waals surface area (Å²) >= 11 is 0. The number of rotatable bonds is 4. The molecule has 1 fully saturated rings. The van der Waals surface area contributed by atoms with Gasteiger partial charge in [0.15, 0.2) is 0 Å². The second-order valence-electron chi connectivity index (χ2n) is 5.94. The van der Waals surface area contributed by atoms with Crippen LogP contribution < -0.4 is 10.6 Å². The summed E-state index contributed by atoms with van der Waals surface area (Å²) in [4.78, 5) is 12.1. The van der Waals surface area contributed by atoms with E-state index in [0.29, 0.717) is 0 Å². The van der Waals surface area contributed by atoms with Crippen molar-refractivity contribution in [1.29, 1.82) is 0 Å². The summed E-state index contributed by atoms with van der Waals surface area (Å²) in [5, 5.41) is 6.39. The molecule has 3 nitrogen and oxygen atoms in total. The summed E-state index contributed by atoms with van der Waals surface area (Å²) in [7, 11) is 0. The molecule has 1 aliphatic rings. The first kappa shape index (κ1) is 15.0. The van der Waals surface area contributed by atoms with E-state index in [4.69, 9.17) is 0 Å². The zero-order chi connectivity index (χ0) is 14.5. The maximum atomic E-state index is 12.1. The van der Waals surface area contributed by atoms with Gasteiger partial charge in [-0.15, -0.1) is 0 Å². The first-order chi connectivity index (χ1) is 9.58. The van der Waals surface area contributed by atoms with Gasteiger partial charge < -0.3 is 10.6 Å². The fraction of sp³-hybridized carbons (Fsp3) is 0.588. The lowest BCUT2D eigenvalue weighted by Crippen LogP contribution is -2.38. The highest BCUT2D eigenvalue weighted by atomic mass is 16.1. The molecule has 0 aromatic heterocycles. The van der Waals surface area contributed by atoms with Crippen molar-refractivity contribution in [2.45, 2.75) is 40.0 Å². The van der Waals surface area contributed by atoms with E-state index in [1.807, 2.05) is 0 Å². The summed E-state index contributed by atoms with van der Waals surface area (Å²) in [6.45, 7) is 9.12. The van der Waals surface area contributed by atoms with Crippen molar-refractivity contribution in [2.24, 2.45) is 5.92 Å². The lowest BCUT2D eigenvalue weighted by atomic mass is 9.96. The smallest absolute Gasteiger partial charge is 0.223 e. The first-order valence-corrected chi connectivity index (χ1v) is 7.63. The van der Waals surface area contributed by atoms with Crippen molar-refractivity contribution >= 4 is 5.91 Å². The highest BCUT2D eigenvalue weighted by Gasteiger charge is 2.20. The number of benzene rings is 1. The zero-order valence-electron chi connectivity index (χ0n) is 12.9. The summed E-state index contributed by atoms with van der Waals surface area (Å²) in [6.07, 6.45) is 2.86. The SMILES string of the molecule is Cc1cc(C)c(CCNC(=O)C2CCNCC2)c(C)c1. The third-order valence-corrected chi connectivity index (χ3v) is 4.22. The molecule has 110 valence electrons. The number of hydrogen-bond acceptors (Lipinski definition) is 2. The van der Waals surface area contributed by atoms with Crippen LogP contribution in [0.15, 0.2) is 12.1 Å². The van der Waals surface area contributed by atoms with Crippen molar-refractivity contribution in [3.05, 3.63) is 34.4 Å². The number of nitrogens with one attached hydrogen (secondary N) is 2. The molecule has 0 bridgehead atoms. The van der Waals surface area contributed by atoms with E-state index in [0.717, 1.165) is 38.9 Å². The summed E-state index contributed by atoms with van der Waals surface area (Å²) in [5.74, 6) is 0.436. The lowest BCUT2D eigenvalue weighted by molar-refractivity contribution is -0.125. The van der Waals surface area contributed by atoms with E-state index in [-0.39, 0.29) is 11.8 Å². The van der Waals surface area contributed by atoms with Gasteiger partial charge in [0.1, 0.15) is 0 Å². The van der Waals surface area contributed by atoms with Crippen molar-refractivity contribution in [3.63, 3.8) is 0 Å². The molecule has 1 aromatic carbocycles. The summed E-state index contributed by atoms with van der Waals surface area (Å²) in [6, 6.07) is 4.44. The quantitative estimate of drug-likeness (QED) is 0.884. The highest BCUT2D eigenvalue weighted by Crippen LogP contribution is 2.17. The van der Waals surface area contributed by atoms with E-state index in [2.05, 4.69) is 43.5 Å². The fourth-order valence-corrected chi connectivity index (χ4v) is 3.14. The Balaban J connectivity index is 1.85. The molecule has 0 radical (unpaired) electrons. The molecule has 0 aliphatic carbocycles. The third-order valence-electron chi connectivity index (χ3n) is 4.22. The van der Waals surface area contributed by atoms with Crippen LogP contribution in [0.3, 0.4) is 0 Å². The minimum atomic E-state index is 0.205. The lowest BCUT2D eigenvalue weighted by Gasteiger charge is -2.22. The van der Waals surface area contributed by atoms with Crippen molar-refractivity contribution < 1.29 is 4.79 Å². The number of hydrogen-bond donors (Lipinski definition) is 2. The normalized spacial score (nSPS) is 16.1. The molecule has 1 saturated heterocycles. The fourth-order valence-electron chi connectivity index (χ4n) is 3.14. The predicted molar refractivity (Wildman–Crippen MR) is 83.0 cm³/mol. The van der Waals surface area contributed by atoms with E-state index in [1.54, 1.807) is 0 Å². The van der Waals surface area contributed by atoms with Crippen LogP contribution in [-0.2, 0) is 11.2 Å². The molecule has 0 atom stereocenters. The monoisotopic (exact) mass is 274 g/mol. The molecule has 0 unspecified atom stereocenters. The van der Waals surface area contributed by atoms with Gasteiger partial charge in [0.25, 0.3) is 0 Å². The number of piperidine rings is 1. The van der Waals surface area contributed by atoms with Crippen LogP contribution in [0.5, 0.6) is 0 Å². The van der Waals surface area contributed by atoms with E-state index < -0.39 is 0 Å². The van der Waals surface area contributed by atoms with Crippen molar-refractivity contribution in [3.8, 4) is 0 Å². The summed E-state index contributed by atoms with van der Waals surface area (Å²) in [5.41, 5.74) is 5.35. The Kier molecular flexibility index (Phi) is 5.18. The van der Waals surface area contributed by atoms with E-state index >= 15 is 0 Å². The van der Waals surface area contributed by atoms with Crippen LogP contribution >= 0.6 is 0 Å². The Morgan fingerprint density at radius 3 is 2.40 bits per heavy atom. The van der Waals surface area contributed by atoms with Crippen LogP contribution in [0.25, 0.3) is 0 Å². The Morgan fingerprint density at radius 2 is 1.80 bits per heavy atom. The number of carbonyl (C=O) groups is 1. The third kappa shape index (κ3) is 3.83. The van der Waals surface area contributed by atoms with Gasteiger partial charge in [-0.1, -0.05) is 17.7 Å². The molecule has 1 heterocycles. The van der Waals surface area contributed by atoms with Crippen LogP contribution in [-0.4, -0.2) is 25.5 Å². The molecule has 20 heavy (non-hydrogen) atoms. The highest BCUT2D eigenvalue weighted by molar-refractivity contribution is 5.78. The second kappa shape index (κ2) is 6.89. The predicted octanol–water partition coefficient (Wildman–Crippen LogP) is 2.27.